The van der Waals surface area contributed by atoms with E-state index < -0.39 is 29.5 Å². The Morgan fingerprint density at radius 2 is 1.57 bits per heavy atom. The van der Waals surface area contributed by atoms with E-state index in [1.54, 1.807) is 17.3 Å². The monoisotopic (exact) mass is 687 g/mol. The molecular weight excluding hydrogens is 652 g/mol. The van der Waals surface area contributed by atoms with Gasteiger partial charge in [0.1, 0.15) is 5.02 Å². The average molecular weight is 688 g/mol. The van der Waals surface area contributed by atoms with Gasteiger partial charge in [-0.1, -0.05) is 18.5 Å². The van der Waals surface area contributed by atoms with Crippen molar-refractivity contribution in [1.82, 2.24) is 19.9 Å². The molecule has 256 valence electrons. The van der Waals surface area contributed by atoms with E-state index >= 15 is 0 Å². The number of nitrogens with zero attached hydrogens (tertiary/aromatic N) is 7. The summed E-state index contributed by atoms with van der Waals surface area (Å²) in [5.41, 5.74) is -2.26. The van der Waals surface area contributed by atoms with E-state index in [2.05, 4.69) is 15.0 Å². The molecule has 0 saturated carbocycles. The third-order valence-electron chi connectivity index (χ3n) is 8.61. The lowest BCUT2D eigenvalue weighted by atomic mass is 10.0. The zero-order valence-electron chi connectivity index (χ0n) is 25.6. The summed E-state index contributed by atoms with van der Waals surface area (Å²) < 4.78 is 82.4. The molecule has 5 rings (SSSR count). The zero-order valence-corrected chi connectivity index (χ0v) is 26.4. The minimum absolute atomic E-state index is 0.0334. The van der Waals surface area contributed by atoms with Crippen LogP contribution in [0.4, 0.5) is 44.1 Å². The van der Waals surface area contributed by atoms with Gasteiger partial charge in [-0.05, 0) is 67.9 Å². The fourth-order valence-electron chi connectivity index (χ4n) is 6.11. The maximum atomic E-state index is 13.7. The number of anilines is 3. The Hall–Kier alpha value is -3.43. The van der Waals surface area contributed by atoms with Crippen LogP contribution in [0, 0.1) is 0 Å². The molecule has 9 nitrogen and oxygen atoms in total. The average Bonchev–Trinajstić information content (AvgIpc) is 3.46. The number of aliphatic hydroxyl groups is 2. The summed E-state index contributed by atoms with van der Waals surface area (Å²) in [6.07, 6.45) is -2.51. The number of aromatic nitrogens is 4. The lowest BCUT2D eigenvalue weighted by Crippen LogP contribution is -2.39. The highest BCUT2D eigenvalue weighted by molar-refractivity contribution is 6.32. The van der Waals surface area contributed by atoms with Crippen molar-refractivity contribution in [3.05, 3.63) is 64.1 Å². The van der Waals surface area contributed by atoms with Crippen LogP contribution in [0.15, 0.2) is 36.8 Å². The molecule has 0 amide bonds. The van der Waals surface area contributed by atoms with E-state index in [0.29, 0.717) is 68.4 Å². The van der Waals surface area contributed by atoms with E-state index in [9.17, 15) is 36.6 Å². The van der Waals surface area contributed by atoms with Crippen molar-refractivity contribution in [2.24, 2.45) is 0 Å². The van der Waals surface area contributed by atoms with Gasteiger partial charge in [0.05, 0.1) is 29.5 Å². The van der Waals surface area contributed by atoms with Crippen LogP contribution in [-0.4, -0.2) is 74.6 Å². The normalized spacial score (nSPS) is 19.4. The van der Waals surface area contributed by atoms with E-state index in [1.165, 1.54) is 6.20 Å². The number of piperidine rings is 1. The topological polar surface area (TPSA) is 102 Å². The van der Waals surface area contributed by atoms with Gasteiger partial charge >= 0.3 is 12.4 Å². The lowest BCUT2D eigenvalue weighted by Gasteiger charge is -2.32. The molecule has 2 saturated heterocycles. The standard InChI is InChI=1S/C31H36ClF6N7O2/c1-2-23-13-24(18-44(23)27-26(32)16-41-29(42-27)43-7-5-25(47)6-8-43)45(28-39-14-19(15-40-28)4-3-9-46)17-20-10-21(30(33,34)35)12-22(11-20)31(36,37)38/h10-12,14-16,23-25,46-47H,2-9,13,17-18H2,1H3/t23-,24+/m1/s1. The highest BCUT2D eigenvalue weighted by atomic mass is 35.5. The minimum Gasteiger partial charge on any atom is -0.396 e. The largest absolute Gasteiger partial charge is 0.416 e. The number of hydrogen-bond acceptors (Lipinski definition) is 9. The van der Waals surface area contributed by atoms with Crippen molar-refractivity contribution in [2.75, 3.05) is 40.9 Å². The number of alkyl halides is 6. The van der Waals surface area contributed by atoms with Gasteiger partial charge in [-0.2, -0.15) is 31.3 Å². The number of benzene rings is 1. The van der Waals surface area contributed by atoms with Crippen LogP contribution in [-0.2, 0) is 25.3 Å². The second-order valence-corrected chi connectivity index (χ2v) is 12.3. The van der Waals surface area contributed by atoms with Gasteiger partial charge in [0.15, 0.2) is 5.82 Å². The molecule has 1 aromatic carbocycles. The van der Waals surface area contributed by atoms with Crippen molar-refractivity contribution in [3.63, 3.8) is 0 Å². The van der Waals surface area contributed by atoms with E-state index in [0.717, 1.165) is 17.7 Å². The fraction of sp³-hybridized carbons (Fsp3) is 0.548. The highest BCUT2D eigenvalue weighted by Crippen LogP contribution is 2.39. The molecule has 2 aromatic heterocycles. The van der Waals surface area contributed by atoms with Gasteiger partial charge in [0.25, 0.3) is 0 Å². The molecule has 0 bridgehead atoms. The van der Waals surface area contributed by atoms with Crippen LogP contribution < -0.4 is 14.7 Å². The second kappa shape index (κ2) is 14.4. The summed E-state index contributed by atoms with van der Waals surface area (Å²) in [6, 6.07) is 1.01. The van der Waals surface area contributed by atoms with Crippen LogP contribution in [0.3, 0.4) is 0 Å². The van der Waals surface area contributed by atoms with Crippen LogP contribution >= 0.6 is 11.6 Å². The molecule has 0 aliphatic carbocycles. The third kappa shape index (κ3) is 8.36. The van der Waals surface area contributed by atoms with E-state index in [-0.39, 0.29) is 49.4 Å². The number of halogens is 7. The van der Waals surface area contributed by atoms with Crippen molar-refractivity contribution in [1.29, 1.82) is 0 Å². The summed E-state index contributed by atoms with van der Waals surface area (Å²) in [5.74, 6) is 1.07. The Labute approximate surface area is 273 Å². The summed E-state index contributed by atoms with van der Waals surface area (Å²) in [7, 11) is 0. The summed E-state index contributed by atoms with van der Waals surface area (Å²) in [6.45, 7) is 3.04. The van der Waals surface area contributed by atoms with Crippen LogP contribution in [0.25, 0.3) is 0 Å². The Balaban J connectivity index is 1.50. The van der Waals surface area contributed by atoms with Gasteiger partial charge in [0, 0.05) is 51.2 Å². The molecule has 2 aliphatic heterocycles. The van der Waals surface area contributed by atoms with Gasteiger partial charge in [-0.15, -0.1) is 0 Å². The maximum Gasteiger partial charge on any atom is 0.416 e. The molecule has 2 N–H and O–H groups in total. The molecule has 4 heterocycles. The summed E-state index contributed by atoms with van der Waals surface area (Å²) in [4.78, 5) is 23.7. The molecule has 0 unspecified atom stereocenters. The smallest absolute Gasteiger partial charge is 0.396 e. The first-order chi connectivity index (χ1) is 22.3. The van der Waals surface area contributed by atoms with Gasteiger partial charge < -0.3 is 24.9 Å². The predicted octanol–water partition coefficient (Wildman–Crippen LogP) is 5.91. The number of aliphatic hydroxyl groups excluding tert-OH is 2. The first-order valence-electron chi connectivity index (χ1n) is 15.5. The van der Waals surface area contributed by atoms with E-state index in [4.69, 9.17) is 16.6 Å². The summed E-state index contributed by atoms with van der Waals surface area (Å²) in [5, 5.41) is 19.4. The van der Waals surface area contributed by atoms with Gasteiger partial charge in [-0.25, -0.2) is 15.0 Å². The lowest BCUT2D eigenvalue weighted by molar-refractivity contribution is -0.143. The Kier molecular flexibility index (Phi) is 10.7. The molecule has 47 heavy (non-hydrogen) atoms. The van der Waals surface area contributed by atoms with Crippen molar-refractivity contribution < 1.29 is 36.6 Å². The molecule has 16 heteroatoms. The number of aryl methyl sites for hydroxylation is 1. The van der Waals surface area contributed by atoms with Crippen molar-refractivity contribution in [3.8, 4) is 0 Å². The number of rotatable bonds is 10. The van der Waals surface area contributed by atoms with Gasteiger partial charge in [-0.3, -0.25) is 0 Å². The van der Waals surface area contributed by atoms with Crippen LogP contribution in [0.5, 0.6) is 0 Å². The quantitative estimate of drug-likeness (QED) is 0.252. The van der Waals surface area contributed by atoms with Crippen LogP contribution in [0.1, 0.15) is 61.3 Å². The Morgan fingerprint density at radius 1 is 0.936 bits per heavy atom. The second-order valence-electron chi connectivity index (χ2n) is 11.9. The Bertz CT molecular complexity index is 1470. The molecule has 0 radical (unpaired) electrons. The van der Waals surface area contributed by atoms with Crippen molar-refractivity contribution in [2.45, 2.75) is 82.5 Å². The first kappa shape index (κ1) is 34.9. The fourth-order valence-corrected chi connectivity index (χ4v) is 6.31. The number of hydrogen-bond donors (Lipinski definition) is 2. The maximum absolute atomic E-state index is 13.7. The molecule has 2 fully saturated rings. The minimum atomic E-state index is -4.99. The first-order valence-corrected chi connectivity index (χ1v) is 15.8. The zero-order chi connectivity index (χ0) is 33.9. The Morgan fingerprint density at radius 3 is 2.15 bits per heavy atom. The molecule has 0 spiro atoms. The highest BCUT2D eigenvalue weighted by Gasteiger charge is 2.40. The van der Waals surface area contributed by atoms with E-state index in [1.807, 2.05) is 16.7 Å². The molecule has 3 aromatic rings. The molecular formula is C31H36ClF6N7O2. The van der Waals surface area contributed by atoms with Crippen LogP contribution in [0.2, 0.25) is 5.02 Å². The predicted molar refractivity (Wildman–Crippen MR) is 164 cm³/mol. The molecule has 2 aliphatic rings. The molecule has 2 atom stereocenters. The third-order valence-corrected chi connectivity index (χ3v) is 8.88. The SMILES string of the molecule is CC[C@@H]1C[C@H](N(Cc2cc(C(F)(F)F)cc(C(F)(F)F)c2)c2ncc(CCCO)cn2)CN1c1nc(N2CCC(O)CC2)ncc1Cl. The summed E-state index contributed by atoms with van der Waals surface area (Å²) >= 11 is 6.62. The van der Waals surface area contributed by atoms with Gasteiger partial charge in [0.2, 0.25) is 11.9 Å². The van der Waals surface area contributed by atoms with Crippen molar-refractivity contribution >= 4 is 29.3 Å².